The van der Waals surface area contributed by atoms with Crippen LogP contribution in [-0.2, 0) is 21.4 Å². The molecular weight excluding hydrogens is 512 g/mol. The van der Waals surface area contributed by atoms with Crippen LogP contribution in [0.4, 0.5) is 5.69 Å². The van der Waals surface area contributed by atoms with Gasteiger partial charge >= 0.3 is 0 Å². The molecule has 0 aromatic heterocycles. The van der Waals surface area contributed by atoms with Gasteiger partial charge in [0.15, 0.2) is 6.61 Å². The van der Waals surface area contributed by atoms with Crippen LogP contribution < -0.4 is 24.2 Å². The average Bonchev–Trinajstić information content (AvgIpc) is 2.82. The number of halogens is 1. The molecule has 0 bridgehead atoms. The number of hydrogen-bond donors (Lipinski definition) is 2. The van der Waals surface area contributed by atoms with E-state index in [2.05, 4.69) is 26.0 Å². The van der Waals surface area contributed by atoms with Gasteiger partial charge in [-0.2, -0.15) is 0 Å². The second kappa shape index (κ2) is 11.1. The predicted octanol–water partition coefficient (Wildman–Crippen LogP) is 3.96. The Morgan fingerprint density at radius 1 is 0.909 bits per heavy atom. The highest BCUT2D eigenvalue weighted by Crippen LogP contribution is 2.28. The summed E-state index contributed by atoms with van der Waals surface area (Å²) in [5.41, 5.74) is 1.16. The molecule has 2 N–H and O–H groups in total. The van der Waals surface area contributed by atoms with Gasteiger partial charge in [0.2, 0.25) is 0 Å². The third kappa shape index (κ3) is 6.62. The lowest BCUT2D eigenvalue weighted by Crippen LogP contribution is -2.28. The first-order valence-corrected chi connectivity index (χ1v) is 12.1. The number of anilines is 1. The monoisotopic (exact) mass is 534 g/mol. The lowest BCUT2D eigenvalue weighted by molar-refractivity contribution is -0.123. The van der Waals surface area contributed by atoms with Crippen molar-refractivity contribution in [2.24, 2.45) is 0 Å². The van der Waals surface area contributed by atoms with Crippen LogP contribution in [0.5, 0.6) is 17.2 Å². The summed E-state index contributed by atoms with van der Waals surface area (Å²) in [4.78, 5) is 12.3. The van der Waals surface area contributed by atoms with Gasteiger partial charge in [-0.3, -0.25) is 9.52 Å². The van der Waals surface area contributed by atoms with Crippen molar-refractivity contribution in [1.82, 2.24) is 5.32 Å². The predicted molar refractivity (Wildman–Crippen MR) is 128 cm³/mol. The third-order valence-corrected chi connectivity index (χ3v) is 6.52. The summed E-state index contributed by atoms with van der Waals surface area (Å²) < 4.78 is 44.5. The molecule has 33 heavy (non-hydrogen) atoms. The zero-order chi connectivity index (χ0) is 23.8. The van der Waals surface area contributed by atoms with Crippen molar-refractivity contribution >= 4 is 37.5 Å². The molecule has 0 atom stereocenters. The van der Waals surface area contributed by atoms with Crippen molar-refractivity contribution < 1.29 is 27.4 Å². The van der Waals surface area contributed by atoms with Crippen molar-refractivity contribution in [2.75, 3.05) is 25.5 Å². The van der Waals surface area contributed by atoms with E-state index in [1.165, 1.54) is 24.3 Å². The van der Waals surface area contributed by atoms with Crippen LogP contribution in [0.1, 0.15) is 5.56 Å². The lowest BCUT2D eigenvalue weighted by Gasteiger charge is -2.14. The zero-order valence-electron chi connectivity index (χ0n) is 18.0. The highest BCUT2D eigenvalue weighted by molar-refractivity contribution is 9.10. The van der Waals surface area contributed by atoms with E-state index in [4.69, 9.17) is 14.2 Å². The highest BCUT2D eigenvalue weighted by Gasteiger charge is 2.15. The number of hydrogen-bond acceptors (Lipinski definition) is 6. The number of rotatable bonds is 10. The van der Waals surface area contributed by atoms with Crippen molar-refractivity contribution in [3.8, 4) is 17.2 Å². The number of nitrogens with one attached hydrogen (secondary N) is 2. The number of ether oxygens (including phenoxy) is 3. The van der Waals surface area contributed by atoms with Gasteiger partial charge in [0, 0.05) is 10.2 Å². The van der Waals surface area contributed by atoms with Gasteiger partial charge in [0.05, 0.1) is 31.2 Å². The Morgan fingerprint density at radius 2 is 1.52 bits per heavy atom. The summed E-state index contributed by atoms with van der Waals surface area (Å²) in [5, 5.41) is 2.75. The molecule has 0 fully saturated rings. The van der Waals surface area contributed by atoms with Crippen molar-refractivity contribution in [3.05, 3.63) is 76.8 Å². The van der Waals surface area contributed by atoms with Gasteiger partial charge in [-0.1, -0.05) is 22.0 Å². The second-order valence-electron chi connectivity index (χ2n) is 6.79. The fraction of sp³-hybridized carbons (Fsp3) is 0.174. The van der Waals surface area contributed by atoms with Gasteiger partial charge in [-0.25, -0.2) is 8.42 Å². The lowest BCUT2D eigenvalue weighted by atomic mass is 10.1. The molecule has 0 unspecified atom stereocenters. The minimum Gasteiger partial charge on any atom is -0.496 e. The summed E-state index contributed by atoms with van der Waals surface area (Å²) >= 11 is 3.31. The fourth-order valence-corrected chi connectivity index (χ4v) is 4.26. The van der Waals surface area contributed by atoms with Crippen molar-refractivity contribution in [2.45, 2.75) is 11.4 Å². The Balaban J connectivity index is 1.55. The van der Waals surface area contributed by atoms with E-state index in [1.807, 2.05) is 0 Å². The summed E-state index contributed by atoms with van der Waals surface area (Å²) in [6.07, 6.45) is 0. The van der Waals surface area contributed by atoms with Crippen LogP contribution in [0.3, 0.4) is 0 Å². The standard InChI is InChI=1S/C23H23BrN2O6S/c1-30-21-4-3-5-22(31-2)20(21)14-25-23(27)15-32-18-10-12-19(13-11-18)33(28,29)26-17-8-6-16(24)7-9-17/h3-13,26H,14-15H2,1-2H3,(H,25,27). The van der Waals surface area contributed by atoms with Crippen LogP contribution in [-0.4, -0.2) is 35.2 Å². The van der Waals surface area contributed by atoms with Crippen LogP contribution in [0.15, 0.2) is 76.1 Å². The molecule has 0 heterocycles. The summed E-state index contributed by atoms with van der Waals surface area (Å²) in [5.74, 6) is 1.22. The molecule has 1 amide bonds. The van der Waals surface area contributed by atoms with Crippen LogP contribution in [0.2, 0.25) is 0 Å². The van der Waals surface area contributed by atoms with Crippen molar-refractivity contribution in [1.29, 1.82) is 0 Å². The average molecular weight is 535 g/mol. The Hall–Kier alpha value is -3.24. The Bertz CT molecular complexity index is 1180. The van der Waals surface area contributed by atoms with Crippen LogP contribution in [0, 0.1) is 0 Å². The molecule has 0 aliphatic heterocycles. The molecule has 0 saturated heterocycles. The van der Waals surface area contributed by atoms with E-state index in [-0.39, 0.29) is 24.0 Å². The maximum atomic E-state index is 12.5. The van der Waals surface area contributed by atoms with Gasteiger partial charge in [0.25, 0.3) is 15.9 Å². The second-order valence-corrected chi connectivity index (χ2v) is 9.39. The molecular formula is C23H23BrN2O6S. The minimum atomic E-state index is -3.75. The van der Waals surface area contributed by atoms with Gasteiger partial charge in [0.1, 0.15) is 17.2 Å². The van der Waals surface area contributed by atoms with E-state index < -0.39 is 10.0 Å². The molecule has 3 aromatic rings. The van der Waals surface area contributed by atoms with Crippen LogP contribution >= 0.6 is 15.9 Å². The van der Waals surface area contributed by atoms with E-state index in [9.17, 15) is 13.2 Å². The summed E-state index contributed by atoms with van der Waals surface area (Å²) in [7, 11) is -0.664. The summed E-state index contributed by atoms with van der Waals surface area (Å²) in [6.45, 7) is -0.0327. The van der Waals surface area contributed by atoms with Gasteiger partial charge in [-0.15, -0.1) is 0 Å². The van der Waals surface area contributed by atoms with E-state index in [0.29, 0.717) is 28.5 Å². The minimum absolute atomic E-state index is 0.0745. The van der Waals surface area contributed by atoms with Gasteiger partial charge < -0.3 is 19.5 Å². The summed E-state index contributed by atoms with van der Waals surface area (Å²) in [6, 6.07) is 17.9. The number of carbonyl (C=O) groups excluding carboxylic acids is 1. The maximum absolute atomic E-state index is 12.5. The number of sulfonamides is 1. The quantitative estimate of drug-likeness (QED) is 0.408. The first-order chi connectivity index (χ1) is 15.8. The molecule has 3 aromatic carbocycles. The van der Waals surface area contributed by atoms with E-state index in [0.717, 1.165) is 4.47 Å². The van der Waals surface area contributed by atoms with Crippen molar-refractivity contribution in [3.63, 3.8) is 0 Å². The smallest absolute Gasteiger partial charge is 0.261 e. The molecule has 8 nitrogen and oxygen atoms in total. The maximum Gasteiger partial charge on any atom is 0.261 e. The highest BCUT2D eigenvalue weighted by atomic mass is 79.9. The largest absolute Gasteiger partial charge is 0.496 e. The molecule has 0 radical (unpaired) electrons. The normalized spacial score (nSPS) is 10.9. The number of carbonyl (C=O) groups is 1. The molecule has 0 saturated carbocycles. The third-order valence-electron chi connectivity index (χ3n) is 4.59. The first kappa shape index (κ1) is 24.4. The first-order valence-electron chi connectivity index (χ1n) is 9.80. The molecule has 0 aliphatic rings. The van der Waals surface area contributed by atoms with Crippen LogP contribution in [0.25, 0.3) is 0 Å². The number of benzene rings is 3. The Morgan fingerprint density at radius 3 is 2.09 bits per heavy atom. The molecule has 0 aliphatic carbocycles. The zero-order valence-corrected chi connectivity index (χ0v) is 20.4. The number of amides is 1. The fourth-order valence-electron chi connectivity index (χ4n) is 2.94. The Kier molecular flexibility index (Phi) is 8.18. The number of methoxy groups -OCH3 is 2. The van der Waals surface area contributed by atoms with E-state index >= 15 is 0 Å². The Labute approximate surface area is 201 Å². The van der Waals surface area contributed by atoms with E-state index in [1.54, 1.807) is 56.7 Å². The topological polar surface area (TPSA) is 103 Å². The molecule has 3 rings (SSSR count). The molecule has 0 spiro atoms. The molecule has 174 valence electrons. The van der Waals surface area contributed by atoms with Gasteiger partial charge in [-0.05, 0) is 60.7 Å². The molecule has 10 heteroatoms. The SMILES string of the molecule is COc1cccc(OC)c1CNC(=O)COc1ccc(S(=O)(=O)Nc2ccc(Br)cc2)cc1.